The Labute approximate surface area is 147 Å². The van der Waals surface area contributed by atoms with E-state index in [-0.39, 0.29) is 24.8 Å². The smallest absolute Gasteiger partial charge is 0.226 e. The molecule has 0 bridgehead atoms. The van der Waals surface area contributed by atoms with Crippen LogP contribution < -0.4 is 19.7 Å². The van der Waals surface area contributed by atoms with Crippen molar-refractivity contribution in [3.63, 3.8) is 0 Å². The van der Waals surface area contributed by atoms with E-state index in [0.717, 1.165) is 5.69 Å². The third kappa shape index (κ3) is 5.24. The lowest BCUT2D eigenvalue weighted by atomic mass is 10.2. The monoisotopic (exact) mass is 342 g/mol. The van der Waals surface area contributed by atoms with Crippen molar-refractivity contribution in [2.24, 2.45) is 0 Å². The fourth-order valence-corrected chi connectivity index (χ4v) is 2.37. The molecule has 6 nitrogen and oxygen atoms in total. The van der Waals surface area contributed by atoms with Gasteiger partial charge in [-0.15, -0.1) is 0 Å². The van der Waals surface area contributed by atoms with Crippen LogP contribution >= 0.6 is 0 Å². The van der Waals surface area contributed by atoms with Crippen LogP contribution in [-0.2, 0) is 9.59 Å². The van der Waals surface area contributed by atoms with Crippen molar-refractivity contribution < 1.29 is 19.1 Å². The van der Waals surface area contributed by atoms with Gasteiger partial charge < -0.3 is 19.7 Å². The molecule has 0 aromatic heterocycles. The van der Waals surface area contributed by atoms with Crippen LogP contribution in [0.5, 0.6) is 11.5 Å². The van der Waals surface area contributed by atoms with Gasteiger partial charge in [0.05, 0.1) is 14.2 Å². The molecule has 2 amide bonds. The number of carbonyl (C=O) groups excluding carboxylic acids is 2. The molecule has 25 heavy (non-hydrogen) atoms. The van der Waals surface area contributed by atoms with Crippen molar-refractivity contribution in [3.05, 3.63) is 48.5 Å². The second-order valence-corrected chi connectivity index (χ2v) is 5.40. The van der Waals surface area contributed by atoms with Crippen LogP contribution in [0.15, 0.2) is 48.5 Å². The summed E-state index contributed by atoms with van der Waals surface area (Å²) >= 11 is 0. The van der Waals surface area contributed by atoms with E-state index in [1.165, 1.54) is 6.92 Å². The van der Waals surface area contributed by atoms with Crippen LogP contribution in [0, 0.1) is 0 Å². The van der Waals surface area contributed by atoms with Crippen molar-refractivity contribution in [1.82, 2.24) is 0 Å². The van der Waals surface area contributed by atoms with Crippen molar-refractivity contribution in [1.29, 1.82) is 0 Å². The number of amides is 2. The summed E-state index contributed by atoms with van der Waals surface area (Å²) in [5.74, 6) is 1.08. The number of hydrogen-bond donors (Lipinski definition) is 1. The van der Waals surface area contributed by atoms with E-state index in [9.17, 15) is 9.59 Å². The maximum Gasteiger partial charge on any atom is 0.226 e. The van der Waals surface area contributed by atoms with Crippen LogP contribution in [0.25, 0.3) is 0 Å². The highest BCUT2D eigenvalue weighted by Crippen LogP contribution is 2.20. The second-order valence-electron chi connectivity index (χ2n) is 5.40. The Hall–Kier alpha value is -3.02. The van der Waals surface area contributed by atoms with Crippen molar-refractivity contribution in [2.75, 3.05) is 31.0 Å². The number of hydrogen-bond acceptors (Lipinski definition) is 4. The van der Waals surface area contributed by atoms with Gasteiger partial charge in [-0.25, -0.2) is 0 Å². The maximum absolute atomic E-state index is 12.2. The van der Waals surface area contributed by atoms with Gasteiger partial charge in [0, 0.05) is 37.3 Å². The van der Waals surface area contributed by atoms with E-state index < -0.39 is 0 Å². The lowest BCUT2D eigenvalue weighted by Gasteiger charge is -2.21. The third-order valence-electron chi connectivity index (χ3n) is 3.68. The molecule has 0 heterocycles. The Kier molecular flexibility index (Phi) is 6.39. The van der Waals surface area contributed by atoms with Crippen LogP contribution in [0.2, 0.25) is 0 Å². The molecule has 6 heteroatoms. The van der Waals surface area contributed by atoms with Gasteiger partial charge in [0.15, 0.2) is 0 Å². The zero-order valence-corrected chi connectivity index (χ0v) is 14.6. The average Bonchev–Trinajstić information content (AvgIpc) is 2.62. The maximum atomic E-state index is 12.2. The normalized spacial score (nSPS) is 10.0. The van der Waals surface area contributed by atoms with Gasteiger partial charge in [-0.05, 0) is 36.4 Å². The molecule has 2 aromatic carbocycles. The highest BCUT2D eigenvalue weighted by molar-refractivity contribution is 5.94. The number of anilines is 2. The second kappa shape index (κ2) is 8.73. The number of carbonyl (C=O) groups is 2. The molecule has 0 spiro atoms. The number of nitrogens with zero attached hydrogens (tertiary/aromatic N) is 1. The Morgan fingerprint density at radius 1 is 1.00 bits per heavy atom. The van der Waals surface area contributed by atoms with E-state index in [1.807, 2.05) is 0 Å². The summed E-state index contributed by atoms with van der Waals surface area (Å²) in [5, 5.41) is 2.80. The fourth-order valence-electron chi connectivity index (χ4n) is 2.37. The first kappa shape index (κ1) is 18.3. The summed E-state index contributed by atoms with van der Waals surface area (Å²) in [6.45, 7) is 1.77. The van der Waals surface area contributed by atoms with Crippen LogP contribution in [-0.4, -0.2) is 32.6 Å². The highest BCUT2D eigenvalue weighted by Gasteiger charge is 2.14. The van der Waals surface area contributed by atoms with Gasteiger partial charge in [0.25, 0.3) is 0 Å². The first-order valence-electron chi connectivity index (χ1n) is 7.89. The minimum atomic E-state index is -0.173. The van der Waals surface area contributed by atoms with E-state index in [1.54, 1.807) is 67.7 Å². The lowest BCUT2D eigenvalue weighted by molar-refractivity contribution is -0.117. The Morgan fingerprint density at radius 3 is 2.28 bits per heavy atom. The predicted octanol–water partition coefficient (Wildman–Crippen LogP) is 3.09. The van der Waals surface area contributed by atoms with Crippen molar-refractivity contribution in [2.45, 2.75) is 13.3 Å². The Balaban J connectivity index is 1.97. The van der Waals surface area contributed by atoms with E-state index in [4.69, 9.17) is 9.47 Å². The third-order valence-corrected chi connectivity index (χ3v) is 3.68. The molecule has 0 saturated carbocycles. The molecule has 2 aromatic rings. The van der Waals surface area contributed by atoms with Gasteiger partial charge in [-0.3, -0.25) is 9.59 Å². The molecule has 0 radical (unpaired) electrons. The summed E-state index contributed by atoms with van der Waals surface area (Å²) in [5.41, 5.74) is 1.38. The van der Waals surface area contributed by atoms with Crippen LogP contribution in [0.4, 0.5) is 11.4 Å². The SMILES string of the molecule is COc1ccc(N(CCC(=O)Nc2cccc(OC)c2)C(C)=O)cc1. The Bertz CT molecular complexity index is 728. The number of nitrogens with one attached hydrogen (secondary N) is 1. The zero-order chi connectivity index (χ0) is 18.2. The fraction of sp³-hybridized carbons (Fsp3) is 0.263. The Morgan fingerprint density at radius 2 is 1.68 bits per heavy atom. The highest BCUT2D eigenvalue weighted by atomic mass is 16.5. The van der Waals surface area contributed by atoms with Gasteiger partial charge in [-0.1, -0.05) is 6.07 Å². The standard InChI is InChI=1S/C19H22N2O4/c1-14(22)21(16-7-9-17(24-2)10-8-16)12-11-19(23)20-15-5-4-6-18(13-15)25-3/h4-10,13H,11-12H2,1-3H3,(H,20,23). The molecule has 132 valence electrons. The average molecular weight is 342 g/mol. The topological polar surface area (TPSA) is 67.9 Å². The van der Waals surface area contributed by atoms with Gasteiger partial charge in [0.1, 0.15) is 11.5 Å². The van der Waals surface area contributed by atoms with Crippen molar-refractivity contribution in [3.8, 4) is 11.5 Å². The number of benzene rings is 2. The lowest BCUT2D eigenvalue weighted by Crippen LogP contribution is -2.31. The number of ether oxygens (including phenoxy) is 2. The predicted molar refractivity (Wildman–Crippen MR) is 97.3 cm³/mol. The molecular formula is C19H22N2O4. The van der Waals surface area contributed by atoms with E-state index >= 15 is 0 Å². The zero-order valence-electron chi connectivity index (χ0n) is 14.6. The van der Waals surface area contributed by atoms with Gasteiger partial charge in [-0.2, -0.15) is 0 Å². The summed E-state index contributed by atoms with van der Waals surface area (Å²) in [6, 6.07) is 14.3. The molecule has 0 aliphatic heterocycles. The minimum Gasteiger partial charge on any atom is -0.497 e. The largest absolute Gasteiger partial charge is 0.497 e. The van der Waals surface area contributed by atoms with Crippen LogP contribution in [0.1, 0.15) is 13.3 Å². The molecule has 0 fully saturated rings. The van der Waals surface area contributed by atoms with Gasteiger partial charge >= 0.3 is 0 Å². The van der Waals surface area contributed by atoms with Crippen LogP contribution in [0.3, 0.4) is 0 Å². The molecule has 0 unspecified atom stereocenters. The van der Waals surface area contributed by atoms with Crippen molar-refractivity contribution >= 4 is 23.2 Å². The molecule has 0 aliphatic carbocycles. The molecular weight excluding hydrogens is 320 g/mol. The summed E-state index contributed by atoms with van der Waals surface area (Å²) in [6.07, 6.45) is 0.183. The molecule has 2 rings (SSSR count). The van der Waals surface area contributed by atoms with Gasteiger partial charge in [0.2, 0.25) is 11.8 Å². The first-order chi connectivity index (χ1) is 12.0. The summed E-state index contributed by atoms with van der Waals surface area (Å²) < 4.78 is 10.2. The van der Waals surface area contributed by atoms with E-state index in [0.29, 0.717) is 17.2 Å². The quantitative estimate of drug-likeness (QED) is 0.840. The van der Waals surface area contributed by atoms with E-state index in [2.05, 4.69) is 5.32 Å². The number of methoxy groups -OCH3 is 2. The summed E-state index contributed by atoms with van der Waals surface area (Å²) in [4.78, 5) is 25.6. The molecule has 0 aliphatic rings. The minimum absolute atomic E-state index is 0.126. The molecule has 0 saturated heterocycles. The molecule has 1 N–H and O–H groups in total. The number of rotatable bonds is 7. The molecule has 0 atom stereocenters. The first-order valence-corrected chi connectivity index (χ1v) is 7.89. The summed E-state index contributed by atoms with van der Waals surface area (Å²) in [7, 11) is 3.15.